The van der Waals surface area contributed by atoms with Crippen LogP contribution in [0.2, 0.25) is 0 Å². The van der Waals surface area contributed by atoms with Gasteiger partial charge in [-0.3, -0.25) is 18.5 Å². The number of aryl methyl sites for hydroxylation is 3. The number of hydrogen-bond donors (Lipinski definition) is 0. The molecule has 2 aromatic heterocycles. The van der Waals surface area contributed by atoms with E-state index in [2.05, 4.69) is 0 Å². The number of nitrogens with zero attached hydrogens (tertiary/aromatic N) is 4. The Hall–Kier alpha value is -2.49. The Kier molecular flexibility index (Phi) is 2.10. The van der Waals surface area contributed by atoms with Gasteiger partial charge in [0, 0.05) is 27.2 Å². The van der Waals surface area contributed by atoms with Crippen LogP contribution in [0.15, 0.2) is 14.4 Å². The van der Waals surface area contributed by atoms with Gasteiger partial charge >= 0.3 is 11.4 Å². The summed E-state index contributed by atoms with van der Waals surface area (Å²) in [4.78, 5) is 35.4. The molecule has 0 aliphatic heterocycles. The van der Waals surface area contributed by atoms with Crippen LogP contribution in [0.5, 0.6) is 0 Å². The lowest BCUT2D eigenvalue weighted by Gasteiger charge is -2.03. The highest BCUT2D eigenvalue weighted by Gasteiger charge is 2.17. The molecular weight excluding hydrogens is 224 g/mol. The Morgan fingerprint density at radius 3 is 2.00 bits per heavy atom. The monoisotopic (exact) mass is 234 g/mol. The van der Waals surface area contributed by atoms with Crippen LogP contribution in [-0.2, 0) is 21.1 Å². The summed E-state index contributed by atoms with van der Waals surface area (Å²) in [6.45, 7) is 0. The van der Waals surface area contributed by atoms with Crippen molar-refractivity contribution in [1.29, 1.82) is 0 Å². The first kappa shape index (κ1) is 11.0. The number of aromatic nitrogens is 4. The van der Waals surface area contributed by atoms with Crippen molar-refractivity contribution < 1.29 is 0 Å². The van der Waals surface area contributed by atoms with Crippen LogP contribution in [0, 0.1) is 12.5 Å². The summed E-state index contributed by atoms with van der Waals surface area (Å²) in [5.41, 5.74) is -1.34. The fraction of sp³-hybridized carbons (Fsp3) is 0.300. The SMILES string of the molecule is C#Cn1c(=O)c2c(n(C)c1=O)n(C)c(=O)n2C. The fourth-order valence-electron chi connectivity index (χ4n) is 1.89. The standard InChI is InChI=1S/C10H10N4O3/c1-5-14-8(15)6-7(13(4)10(14)17)12(3)9(16)11(6)2/h1H,2-4H3. The van der Waals surface area contributed by atoms with Crippen molar-refractivity contribution in [2.45, 2.75) is 0 Å². The molecule has 0 spiro atoms. The van der Waals surface area contributed by atoms with E-state index in [0.717, 1.165) is 0 Å². The third-order valence-corrected chi connectivity index (χ3v) is 2.77. The van der Waals surface area contributed by atoms with Crippen LogP contribution in [-0.4, -0.2) is 18.3 Å². The van der Waals surface area contributed by atoms with E-state index >= 15 is 0 Å². The predicted octanol–water partition coefficient (Wildman–Crippen LogP) is -1.82. The van der Waals surface area contributed by atoms with Crippen LogP contribution in [0.3, 0.4) is 0 Å². The molecule has 0 N–H and O–H groups in total. The van der Waals surface area contributed by atoms with E-state index in [1.165, 1.54) is 34.8 Å². The summed E-state index contributed by atoms with van der Waals surface area (Å²) >= 11 is 0. The molecular formula is C10H10N4O3. The molecule has 2 rings (SSSR count). The molecule has 7 heteroatoms. The molecule has 0 aliphatic rings. The van der Waals surface area contributed by atoms with Crippen molar-refractivity contribution in [2.75, 3.05) is 0 Å². The second-order valence-electron chi connectivity index (χ2n) is 3.68. The molecule has 0 amide bonds. The smallest absolute Gasteiger partial charge is 0.289 e. The molecule has 0 fully saturated rings. The first-order chi connectivity index (χ1) is 7.91. The van der Waals surface area contributed by atoms with E-state index in [-0.39, 0.29) is 16.9 Å². The Labute approximate surface area is 95.1 Å². The highest BCUT2D eigenvalue weighted by molar-refractivity contribution is 5.70. The Balaban J connectivity index is 3.36. The van der Waals surface area contributed by atoms with Crippen molar-refractivity contribution in [3.05, 3.63) is 31.3 Å². The minimum absolute atomic E-state index is 0.109. The fourth-order valence-corrected chi connectivity index (χ4v) is 1.89. The molecule has 0 aliphatic carbocycles. The minimum Gasteiger partial charge on any atom is -0.289 e. The molecule has 0 saturated heterocycles. The topological polar surface area (TPSA) is 70.9 Å². The second kappa shape index (κ2) is 3.25. The van der Waals surface area contributed by atoms with Gasteiger partial charge < -0.3 is 0 Å². The zero-order chi connectivity index (χ0) is 12.9. The van der Waals surface area contributed by atoms with Crippen molar-refractivity contribution in [1.82, 2.24) is 18.3 Å². The summed E-state index contributed by atoms with van der Waals surface area (Å²) in [6, 6.07) is 2.00. The van der Waals surface area contributed by atoms with Crippen LogP contribution in [0.4, 0.5) is 0 Å². The van der Waals surface area contributed by atoms with Crippen molar-refractivity contribution in [3.8, 4) is 12.5 Å². The first-order valence-corrected chi connectivity index (χ1v) is 4.76. The predicted molar refractivity (Wildman–Crippen MR) is 61.9 cm³/mol. The summed E-state index contributed by atoms with van der Waals surface area (Å²) in [5.74, 6) is 0. The molecule has 0 radical (unpaired) electrons. The summed E-state index contributed by atoms with van der Waals surface area (Å²) in [5, 5.41) is 0. The van der Waals surface area contributed by atoms with E-state index in [9.17, 15) is 14.4 Å². The van der Waals surface area contributed by atoms with E-state index in [1.807, 2.05) is 6.04 Å². The minimum atomic E-state index is -0.661. The maximum Gasteiger partial charge on any atom is 0.344 e. The number of fused-ring (bicyclic) bond motifs is 1. The molecule has 2 aromatic rings. The maximum atomic E-state index is 12.0. The van der Waals surface area contributed by atoms with Gasteiger partial charge in [-0.15, -0.1) is 0 Å². The lowest BCUT2D eigenvalue weighted by molar-refractivity contribution is 0.746. The van der Waals surface area contributed by atoms with E-state index in [4.69, 9.17) is 6.42 Å². The zero-order valence-corrected chi connectivity index (χ0v) is 9.59. The lowest BCUT2D eigenvalue weighted by atomic mass is 10.5. The third-order valence-electron chi connectivity index (χ3n) is 2.77. The molecule has 0 aromatic carbocycles. The molecule has 7 nitrogen and oxygen atoms in total. The molecule has 88 valence electrons. The Morgan fingerprint density at radius 1 is 0.941 bits per heavy atom. The molecule has 0 bridgehead atoms. The lowest BCUT2D eigenvalue weighted by Crippen LogP contribution is -2.37. The highest BCUT2D eigenvalue weighted by Crippen LogP contribution is 2.02. The highest BCUT2D eigenvalue weighted by atomic mass is 16.2. The van der Waals surface area contributed by atoms with Gasteiger partial charge in [-0.05, 0) is 0 Å². The van der Waals surface area contributed by atoms with Gasteiger partial charge in [-0.2, -0.15) is 4.57 Å². The van der Waals surface area contributed by atoms with Gasteiger partial charge in [-0.1, -0.05) is 6.42 Å². The third kappa shape index (κ3) is 1.15. The van der Waals surface area contributed by atoms with E-state index in [1.54, 1.807) is 0 Å². The normalized spacial score (nSPS) is 10.7. The first-order valence-electron chi connectivity index (χ1n) is 4.76. The average molecular weight is 234 g/mol. The van der Waals surface area contributed by atoms with E-state index in [0.29, 0.717) is 4.57 Å². The quantitative estimate of drug-likeness (QED) is 0.504. The summed E-state index contributed by atoms with van der Waals surface area (Å²) < 4.78 is 4.23. The van der Waals surface area contributed by atoms with Gasteiger partial charge in [0.05, 0.1) is 0 Å². The number of imidazole rings is 1. The van der Waals surface area contributed by atoms with Gasteiger partial charge in [0.2, 0.25) is 0 Å². The van der Waals surface area contributed by atoms with E-state index < -0.39 is 11.2 Å². The molecule has 0 atom stereocenters. The average Bonchev–Trinajstić information content (AvgIpc) is 2.52. The molecule has 0 saturated carbocycles. The van der Waals surface area contributed by atoms with Crippen LogP contribution in [0.25, 0.3) is 11.2 Å². The summed E-state index contributed by atoms with van der Waals surface area (Å²) in [6.07, 6.45) is 5.11. The summed E-state index contributed by atoms with van der Waals surface area (Å²) in [7, 11) is 4.40. The van der Waals surface area contributed by atoms with Gasteiger partial charge in [0.15, 0.2) is 11.2 Å². The maximum absolute atomic E-state index is 12.0. The molecule has 17 heavy (non-hydrogen) atoms. The molecule has 2 heterocycles. The van der Waals surface area contributed by atoms with Crippen LogP contribution < -0.4 is 16.9 Å². The number of hydrogen-bond acceptors (Lipinski definition) is 3. The van der Waals surface area contributed by atoms with Crippen molar-refractivity contribution >= 4 is 11.2 Å². The zero-order valence-electron chi connectivity index (χ0n) is 9.59. The Bertz CT molecular complexity index is 838. The van der Waals surface area contributed by atoms with Crippen LogP contribution in [0.1, 0.15) is 0 Å². The van der Waals surface area contributed by atoms with Crippen molar-refractivity contribution in [3.63, 3.8) is 0 Å². The Morgan fingerprint density at radius 2 is 1.47 bits per heavy atom. The second-order valence-corrected chi connectivity index (χ2v) is 3.68. The van der Waals surface area contributed by atoms with Gasteiger partial charge in [-0.25, -0.2) is 9.59 Å². The van der Waals surface area contributed by atoms with Gasteiger partial charge in [0.25, 0.3) is 5.56 Å². The largest absolute Gasteiger partial charge is 0.344 e. The van der Waals surface area contributed by atoms with Crippen molar-refractivity contribution in [2.24, 2.45) is 21.1 Å². The number of terminal acetylenes is 1. The molecule has 0 unspecified atom stereocenters. The van der Waals surface area contributed by atoms with Gasteiger partial charge in [0.1, 0.15) is 0 Å². The number of rotatable bonds is 0. The van der Waals surface area contributed by atoms with Crippen LogP contribution >= 0.6 is 0 Å².